The van der Waals surface area contributed by atoms with E-state index in [0.717, 1.165) is 0 Å². The molecule has 10 heteroatoms. The Hall–Kier alpha value is -1.13. The highest BCUT2D eigenvalue weighted by Gasteiger charge is 2.45. The first-order chi connectivity index (χ1) is 11.7. The Balaban J connectivity index is 2.00. The maximum absolute atomic E-state index is 12.1. The molecule has 140 valence electrons. The fraction of sp³-hybridized carbons (Fsp3) is 0.533. The van der Waals surface area contributed by atoms with E-state index < -0.39 is 49.4 Å². The van der Waals surface area contributed by atoms with Gasteiger partial charge in [0.15, 0.2) is 6.10 Å². The van der Waals surface area contributed by atoms with Crippen molar-refractivity contribution in [3.63, 3.8) is 0 Å². The molecule has 0 unspecified atom stereocenters. The molecule has 25 heavy (non-hydrogen) atoms. The number of carbonyl (C=O) groups is 1. The van der Waals surface area contributed by atoms with Gasteiger partial charge in [-0.1, -0.05) is 23.2 Å². The van der Waals surface area contributed by atoms with E-state index in [1.54, 1.807) is 0 Å². The summed E-state index contributed by atoms with van der Waals surface area (Å²) in [5, 5.41) is 38.9. The van der Waals surface area contributed by atoms with Crippen LogP contribution in [0.1, 0.15) is 6.92 Å². The van der Waals surface area contributed by atoms with Crippen LogP contribution >= 0.6 is 23.2 Å². The van der Waals surface area contributed by atoms with Gasteiger partial charge in [0, 0.05) is 5.02 Å². The third-order valence-corrected chi connectivity index (χ3v) is 4.14. The van der Waals surface area contributed by atoms with Gasteiger partial charge in [-0.2, -0.15) is 0 Å². The van der Waals surface area contributed by atoms with Gasteiger partial charge in [0.1, 0.15) is 30.2 Å². The summed E-state index contributed by atoms with van der Waals surface area (Å²) < 4.78 is 15.4. The summed E-state index contributed by atoms with van der Waals surface area (Å²) in [5.41, 5.74) is 0. The molecule has 0 saturated carbocycles. The maximum atomic E-state index is 12.1. The van der Waals surface area contributed by atoms with Crippen LogP contribution in [-0.2, 0) is 14.3 Å². The summed E-state index contributed by atoms with van der Waals surface area (Å²) in [5.74, 6) is -0.709. The highest BCUT2D eigenvalue weighted by Crippen LogP contribution is 2.29. The molecule has 1 aliphatic heterocycles. The van der Waals surface area contributed by atoms with Gasteiger partial charge in [-0.3, -0.25) is 0 Å². The topological polar surface area (TPSA) is 126 Å². The first kappa shape index (κ1) is 20.2. The third kappa shape index (κ3) is 4.73. The Morgan fingerprint density at radius 3 is 2.52 bits per heavy atom. The Labute approximate surface area is 153 Å². The van der Waals surface area contributed by atoms with E-state index in [0.29, 0.717) is 5.02 Å². The van der Waals surface area contributed by atoms with Crippen molar-refractivity contribution in [2.75, 3.05) is 6.61 Å². The highest BCUT2D eigenvalue weighted by molar-refractivity contribution is 6.35. The Morgan fingerprint density at radius 1 is 1.24 bits per heavy atom. The summed E-state index contributed by atoms with van der Waals surface area (Å²) in [7, 11) is 0. The van der Waals surface area contributed by atoms with Crippen LogP contribution in [0.5, 0.6) is 5.75 Å². The lowest BCUT2D eigenvalue weighted by molar-refractivity contribution is -0.294. The van der Waals surface area contributed by atoms with Crippen molar-refractivity contribution in [1.82, 2.24) is 0 Å². The van der Waals surface area contributed by atoms with Gasteiger partial charge in [0.25, 0.3) is 0 Å². The van der Waals surface area contributed by atoms with Crippen molar-refractivity contribution in [2.24, 2.45) is 0 Å². The lowest BCUT2D eigenvalue weighted by Gasteiger charge is -2.39. The summed E-state index contributed by atoms with van der Waals surface area (Å²) in [6.45, 7) is 0.753. The van der Waals surface area contributed by atoms with Crippen LogP contribution in [0.2, 0.25) is 10.0 Å². The lowest BCUT2D eigenvalue weighted by atomic mass is 9.99. The molecule has 1 saturated heterocycles. The Morgan fingerprint density at radius 2 is 1.92 bits per heavy atom. The quantitative estimate of drug-likeness (QED) is 0.516. The molecular formula is C15H18Cl2O8. The van der Waals surface area contributed by atoms with Gasteiger partial charge < -0.3 is 34.6 Å². The summed E-state index contributed by atoms with van der Waals surface area (Å²) in [6.07, 6.45) is -8.76. The van der Waals surface area contributed by atoms with E-state index >= 15 is 0 Å². The molecule has 1 aromatic carbocycles. The minimum absolute atomic E-state index is 0.194. The van der Waals surface area contributed by atoms with Crippen molar-refractivity contribution in [2.45, 2.75) is 43.7 Å². The SMILES string of the molecule is C[C@@H](Oc1ccc(Cl)cc1Cl)C(=O)O[C@@H]1O[C@H](CO)[C@@H](O)[C@H](O)[C@H]1O. The number of ether oxygens (including phenoxy) is 3. The zero-order valence-electron chi connectivity index (χ0n) is 13.1. The largest absolute Gasteiger partial charge is 0.477 e. The number of aliphatic hydroxyl groups is 4. The predicted octanol–water partition coefficient (Wildman–Crippen LogP) is 0.104. The molecule has 1 aliphatic rings. The molecule has 1 fully saturated rings. The second-order valence-electron chi connectivity index (χ2n) is 5.47. The van der Waals surface area contributed by atoms with Gasteiger partial charge in [-0.05, 0) is 25.1 Å². The van der Waals surface area contributed by atoms with Gasteiger partial charge in [-0.25, -0.2) is 4.79 Å². The van der Waals surface area contributed by atoms with Crippen LogP contribution in [0.4, 0.5) is 0 Å². The molecule has 6 atom stereocenters. The minimum atomic E-state index is -1.69. The molecule has 1 heterocycles. The average molecular weight is 397 g/mol. The van der Waals surface area contributed by atoms with Crippen LogP contribution in [0, 0.1) is 0 Å². The average Bonchev–Trinajstić information content (AvgIpc) is 2.57. The molecule has 4 N–H and O–H groups in total. The number of halogens is 2. The summed E-state index contributed by atoms with van der Waals surface area (Å²) in [4.78, 5) is 12.1. The Kier molecular flexibility index (Phi) is 6.86. The number of hydrogen-bond acceptors (Lipinski definition) is 8. The van der Waals surface area contributed by atoms with Crippen LogP contribution in [0.15, 0.2) is 18.2 Å². The zero-order chi connectivity index (χ0) is 18.7. The fourth-order valence-corrected chi connectivity index (χ4v) is 2.64. The van der Waals surface area contributed by atoms with E-state index in [1.807, 2.05) is 0 Å². The molecule has 0 radical (unpaired) electrons. The summed E-state index contributed by atoms with van der Waals surface area (Å²) in [6, 6.07) is 4.44. The standard InChI is InChI=1S/C15H18Cl2O8/c1-6(23-9-3-2-7(16)4-8(9)17)14(22)25-15-13(21)12(20)11(19)10(5-18)24-15/h2-4,6,10-13,15,18-21H,5H2,1H3/t6-,10-,11-,12+,13-,15+/m1/s1. The van der Waals surface area contributed by atoms with Crippen LogP contribution in [0.3, 0.4) is 0 Å². The maximum Gasteiger partial charge on any atom is 0.349 e. The van der Waals surface area contributed by atoms with E-state index in [-0.39, 0.29) is 10.8 Å². The van der Waals surface area contributed by atoms with Crippen LogP contribution < -0.4 is 4.74 Å². The summed E-state index contributed by atoms with van der Waals surface area (Å²) >= 11 is 11.7. The fourth-order valence-electron chi connectivity index (χ4n) is 2.18. The second-order valence-corrected chi connectivity index (χ2v) is 6.31. The zero-order valence-corrected chi connectivity index (χ0v) is 14.6. The number of esters is 1. The smallest absolute Gasteiger partial charge is 0.349 e. The van der Waals surface area contributed by atoms with Gasteiger partial charge >= 0.3 is 5.97 Å². The molecule has 8 nitrogen and oxygen atoms in total. The number of benzene rings is 1. The lowest BCUT2D eigenvalue weighted by Crippen LogP contribution is -2.59. The van der Waals surface area contributed by atoms with Crippen molar-refractivity contribution in [1.29, 1.82) is 0 Å². The van der Waals surface area contributed by atoms with Crippen LogP contribution in [-0.4, -0.2) is 69.8 Å². The van der Waals surface area contributed by atoms with Gasteiger partial charge in [0.2, 0.25) is 6.29 Å². The molecule has 0 spiro atoms. The normalized spacial score (nSPS) is 30.6. The number of carbonyl (C=O) groups excluding carboxylic acids is 1. The molecular weight excluding hydrogens is 379 g/mol. The van der Waals surface area contributed by atoms with Crippen molar-refractivity contribution in [3.8, 4) is 5.75 Å². The second kappa shape index (κ2) is 8.50. The molecule has 0 amide bonds. The highest BCUT2D eigenvalue weighted by atomic mass is 35.5. The molecule has 0 aliphatic carbocycles. The van der Waals surface area contributed by atoms with Crippen molar-refractivity contribution >= 4 is 29.2 Å². The minimum Gasteiger partial charge on any atom is -0.477 e. The van der Waals surface area contributed by atoms with E-state index in [1.165, 1.54) is 25.1 Å². The van der Waals surface area contributed by atoms with Gasteiger partial charge in [-0.15, -0.1) is 0 Å². The Bertz CT molecular complexity index is 611. The van der Waals surface area contributed by atoms with Crippen LogP contribution in [0.25, 0.3) is 0 Å². The first-order valence-electron chi connectivity index (χ1n) is 7.37. The van der Waals surface area contributed by atoms with Crippen molar-refractivity contribution in [3.05, 3.63) is 28.2 Å². The van der Waals surface area contributed by atoms with Crippen molar-refractivity contribution < 1.29 is 39.4 Å². The first-order valence-corrected chi connectivity index (χ1v) is 8.13. The molecule has 0 aromatic heterocycles. The van der Waals surface area contributed by atoms with E-state index in [4.69, 9.17) is 42.5 Å². The number of rotatable bonds is 5. The molecule has 1 aromatic rings. The van der Waals surface area contributed by atoms with E-state index in [9.17, 15) is 20.1 Å². The number of aliphatic hydroxyl groups excluding tert-OH is 4. The van der Waals surface area contributed by atoms with E-state index in [2.05, 4.69) is 0 Å². The predicted molar refractivity (Wildman–Crippen MR) is 86.4 cm³/mol. The third-order valence-electron chi connectivity index (χ3n) is 3.61. The molecule has 2 rings (SSSR count). The molecule has 0 bridgehead atoms. The van der Waals surface area contributed by atoms with Gasteiger partial charge in [0.05, 0.1) is 11.6 Å². The monoisotopic (exact) mass is 396 g/mol. The number of hydrogen-bond donors (Lipinski definition) is 4.